The molecular weight excluding hydrogens is 236 g/mol. The Bertz CT molecular complexity index is 628. The molecule has 0 bridgehead atoms. The number of aliphatic imine (C=N–C) groups is 1. The molecule has 3 heteroatoms. The van der Waals surface area contributed by atoms with Crippen LogP contribution in [0.5, 0.6) is 5.75 Å². The normalized spacial score (nSPS) is 16.6. The zero-order valence-electron chi connectivity index (χ0n) is 10.5. The average molecular weight is 250 g/mol. The van der Waals surface area contributed by atoms with E-state index in [1.54, 1.807) is 18.3 Å². The maximum Gasteiger partial charge on any atom is 0.115 e. The quantitative estimate of drug-likeness (QED) is 0.890. The highest BCUT2D eigenvalue weighted by Crippen LogP contribution is 2.22. The first-order valence-electron chi connectivity index (χ1n) is 6.28. The number of pyridine rings is 1. The summed E-state index contributed by atoms with van der Waals surface area (Å²) in [6.07, 6.45) is 6.68. The maximum absolute atomic E-state index is 9.29. The van der Waals surface area contributed by atoms with E-state index in [-0.39, 0.29) is 5.75 Å². The summed E-state index contributed by atoms with van der Waals surface area (Å²) in [6.45, 7) is 0.828. The van der Waals surface area contributed by atoms with Gasteiger partial charge in [-0.3, -0.25) is 9.98 Å². The van der Waals surface area contributed by atoms with Crippen molar-refractivity contribution in [3.8, 4) is 5.75 Å². The lowest BCUT2D eigenvalue weighted by Crippen LogP contribution is -2.00. The molecule has 1 aromatic heterocycles. The van der Waals surface area contributed by atoms with Crippen molar-refractivity contribution in [1.29, 1.82) is 0 Å². The van der Waals surface area contributed by atoms with Gasteiger partial charge in [0, 0.05) is 24.5 Å². The molecule has 3 rings (SSSR count). The number of aromatic nitrogens is 1. The summed E-state index contributed by atoms with van der Waals surface area (Å²) in [5.74, 6) is 0.287. The summed E-state index contributed by atoms with van der Waals surface area (Å²) in [5, 5.41) is 9.29. The van der Waals surface area contributed by atoms with E-state index in [2.05, 4.69) is 16.1 Å². The smallest absolute Gasteiger partial charge is 0.115 e. The molecule has 0 amide bonds. The minimum absolute atomic E-state index is 0.287. The second-order valence-electron chi connectivity index (χ2n) is 4.48. The van der Waals surface area contributed by atoms with Crippen LogP contribution in [0, 0.1) is 0 Å². The molecule has 0 saturated carbocycles. The fourth-order valence-corrected chi connectivity index (χ4v) is 2.20. The molecule has 3 nitrogen and oxygen atoms in total. The molecule has 0 saturated heterocycles. The van der Waals surface area contributed by atoms with Crippen molar-refractivity contribution in [3.63, 3.8) is 0 Å². The molecule has 0 spiro atoms. The van der Waals surface area contributed by atoms with Crippen LogP contribution in [0.2, 0.25) is 0 Å². The SMILES string of the molecule is Oc1ccc(/C=C2\CCN=C2c2cccnc2)cc1. The molecule has 2 heterocycles. The Morgan fingerprint density at radius 1 is 1.11 bits per heavy atom. The van der Waals surface area contributed by atoms with Crippen molar-refractivity contribution in [1.82, 2.24) is 4.98 Å². The first-order valence-corrected chi connectivity index (χ1v) is 6.28. The molecule has 0 aliphatic carbocycles. The molecule has 0 unspecified atom stereocenters. The number of phenols is 1. The predicted octanol–water partition coefficient (Wildman–Crippen LogP) is 3.06. The molecule has 0 radical (unpaired) electrons. The van der Waals surface area contributed by atoms with E-state index >= 15 is 0 Å². The minimum Gasteiger partial charge on any atom is -0.508 e. The van der Waals surface area contributed by atoms with Crippen LogP contribution < -0.4 is 0 Å². The summed E-state index contributed by atoms with van der Waals surface area (Å²) in [5.41, 5.74) is 4.39. The minimum atomic E-state index is 0.287. The Labute approximate surface area is 112 Å². The Kier molecular flexibility index (Phi) is 3.11. The zero-order chi connectivity index (χ0) is 13.1. The van der Waals surface area contributed by atoms with Crippen molar-refractivity contribution >= 4 is 11.8 Å². The van der Waals surface area contributed by atoms with Gasteiger partial charge >= 0.3 is 0 Å². The highest BCUT2D eigenvalue weighted by molar-refractivity contribution is 6.15. The summed E-state index contributed by atoms with van der Waals surface area (Å²) < 4.78 is 0. The Morgan fingerprint density at radius 2 is 1.95 bits per heavy atom. The lowest BCUT2D eigenvalue weighted by molar-refractivity contribution is 0.475. The van der Waals surface area contributed by atoms with Crippen LogP contribution in [0.4, 0.5) is 0 Å². The van der Waals surface area contributed by atoms with Crippen LogP contribution in [0.3, 0.4) is 0 Å². The third kappa shape index (κ3) is 2.55. The summed E-state index contributed by atoms with van der Waals surface area (Å²) >= 11 is 0. The number of hydrogen-bond acceptors (Lipinski definition) is 3. The highest BCUT2D eigenvalue weighted by atomic mass is 16.3. The van der Waals surface area contributed by atoms with Gasteiger partial charge in [-0.1, -0.05) is 12.1 Å². The largest absolute Gasteiger partial charge is 0.508 e. The van der Waals surface area contributed by atoms with Gasteiger partial charge in [0.1, 0.15) is 5.75 Å². The van der Waals surface area contributed by atoms with Gasteiger partial charge in [0.05, 0.1) is 5.71 Å². The van der Waals surface area contributed by atoms with Crippen molar-refractivity contribution in [2.45, 2.75) is 6.42 Å². The number of hydrogen-bond donors (Lipinski definition) is 1. The Balaban J connectivity index is 1.93. The molecule has 1 aromatic carbocycles. The first kappa shape index (κ1) is 11.7. The second-order valence-corrected chi connectivity index (χ2v) is 4.48. The van der Waals surface area contributed by atoms with Crippen LogP contribution >= 0.6 is 0 Å². The molecule has 2 aromatic rings. The number of benzene rings is 1. The van der Waals surface area contributed by atoms with Crippen LogP contribution in [0.25, 0.3) is 6.08 Å². The molecule has 1 aliphatic rings. The van der Waals surface area contributed by atoms with E-state index in [1.165, 1.54) is 5.57 Å². The van der Waals surface area contributed by atoms with E-state index in [4.69, 9.17) is 0 Å². The molecule has 94 valence electrons. The van der Waals surface area contributed by atoms with E-state index in [0.717, 1.165) is 29.8 Å². The third-order valence-electron chi connectivity index (χ3n) is 3.12. The summed E-state index contributed by atoms with van der Waals surface area (Å²) in [4.78, 5) is 8.70. The van der Waals surface area contributed by atoms with Gasteiger partial charge in [-0.15, -0.1) is 0 Å². The van der Waals surface area contributed by atoms with E-state index in [1.807, 2.05) is 30.5 Å². The highest BCUT2D eigenvalue weighted by Gasteiger charge is 2.15. The van der Waals surface area contributed by atoms with E-state index < -0.39 is 0 Å². The van der Waals surface area contributed by atoms with Gasteiger partial charge in [0.15, 0.2) is 0 Å². The first-order chi connectivity index (χ1) is 9.33. The molecule has 1 aliphatic heterocycles. The lowest BCUT2D eigenvalue weighted by atomic mass is 10.0. The van der Waals surface area contributed by atoms with Crippen molar-refractivity contribution in [2.24, 2.45) is 4.99 Å². The van der Waals surface area contributed by atoms with Crippen LogP contribution in [-0.2, 0) is 0 Å². The monoisotopic (exact) mass is 250 g/mol. The molecular formula is C16H14N2O. The van der Waals surface area contributed by atoms with E-state index in [9.17, 15) is 5.11 Å². The van der Waals surface area contributed by atoms with Crippen LogP contribution in [-0.4, -0.2) is 22.3 Å². The molecule has 0 atom stereocenters. The standard InChI is InChI=1S/C16H14N2O/c19-15-5-3-12(4-6-15)10-13-7-9-18-16(13)14-2-1-8-17-11-14/h1-6,8,10-11,19H,7,9H2/b13-10+. The topological polar surface area (TPSA) is 45.5 Å². The van der Waals surface area contributed by atoms with Crippen molar-refractivity contribution in [2.75, 3.05) is 6.54 Å². The fraction of sp³-hybridized carbons (Fsp3) is 0.125. The lowest BCUT2D eigenvalue weighted by Gasteiger charge is -2.04. The van der Waals surface area contributed by atoms with Gasteiger partial charge < -0.3 is 5.11 Å². The Morgan fingerprint density at radius 3 is 2.68 bits per heavy atom. The van der Waals surface area contributed by atoms with Gasteiger partial charge in [-0.25, -0.2) is 0 Å². The fourth-order valence-electron chi connectivity index (χ4n) is 2.20. The third-order valence-corrected chi connectivity index (χ3v) is 3.12. The predicted molar refractivity (Wildman–Crippen MR) is 76.3 cm³/mol. The van der Waals surface area contributed by atoms with Crippen LogP contribution in [0.1, 0.15) is 17.5 Å². The van der Waals surface area contributed by atoms with E-state index in [0.29, 0.717) is 0 Å². The molecule has 19 heavy (non-hydrogen) atoms. The van der Waals surface area contributed by atoms with Gasteiger partial charge in [0.25, 0.3) is 0 Å². The van der Waals surface area contributed by atoms with Gasteiger partial charge in [0.2, 0.25) is 0 Å². The number of rotatable bonds is 2. The van der Waals surface area contributed by atoms with Crippen molar-refractivity contribution in [3.05, 3.63) is 65.5 Å². The summed E-state index contributed by atoms with van der Waals surface area (Å²) in [7, 11) is 0. The average Bonchev–Trinajstić information content (AvgIpc) is 2.90. The summed E-state index contributed by atoms with van der Waals surface area (Å²) in [6, 6.07) is 11.2. The zero-order valence-corrected chi connectivity index (χ0v) is 10.5. The van der Waals surface area contributed by atoms with Gasteiger partial charge in [-0.2, -0.15) is 0 Å². The van der Waals surface area contributed by atoms with Crippen molar-refractivity contribution < 1.29 is 5.11 Å². The number of phenolic OH excluding ortho intramolecular Hbond substituents is 1. The maximum atomic E-state index is 9.29. The molecule has 1 N–H and O–H groups in total. The second kappa shape index (κ2) is 5.06. The Hall–Kier alpha value is -2.42. The molecule has 0 fully saturated rings. The van der Waals surface area contributed by atoms with Crippen LogP contribution in [0.15, 0.2) is 59.4 Å². The number of nitrogens with zero attached hydrogens (tertiary/aromatic N) is 2. The van der Waals surface area contributed by atoms with Gasteiger partial charge in [-0.05, 0) is 47.9 Å². The number of aromatic hydroxyl groups is 1.